The van der Waals surface area contributed by atoms with Crippen LogP contribution in [-0.4, -0.2) is 68.8 Å². The number of nitrogens with one attached hydrogen (secondary N) is 1. The summed E-state index contributed by atoms with van der Waals surface area (Å²) in [6.45, 7) is 7.93. The second-order valence-electron chi connectivity index (χ2n) is 7.41. The number of amides is 2. The third-order valence-electron chi connectivity index (χ3n) is 4.96. The minimum atomic E-state index is -3.39. The summed E-state index contributed by atoms with van der Waals surface area (Å²) in [4.78, 5) is 16.8. The predicted molar refractivity (Wildman–Crippen MR) is 109 cm³/mol. The maximum Gasteiger partial charge on any atom is 0.317 e. The Morgan fingerprint density at radius 3 is 2.44 bits per heavy atom. The minimum Gasteiger partial charge on any atom is -0.338 e. The lowest BCUT2D eigenvalue weighted by atomic mass is 10.1. The van der Waals surface area contributed by atoms with Crippen LogP contribution in [0.3, 0.4) is 0 Å². The first-order chi connectivity index (χ1) is 12.9. The average molecular weight is 396 g/mol. The van der Waals surface area contributed by atoms with Gasteiger partial charge in [0.1, 0.15) is 0 Å². The average Bonchev–Trinajstić information content (AvgIpc) is 2.66. The maximum atomic E-state index is 12.5. The number of piperidine rings is 1. The topological polar surface area (TPSA) is 69.7 Å². The van der Waals surface area contributed by atoms with Crippen molar-refractivity contribution in [3.8, 4) is 0 Å². The maximum absolute atomic E-state index is 12.5. The monoisotopic (exact) mass is 395 g/mol. The quantitative estimate of drug-likeness (QED) is 0.653. The summed E-state index contributed by atoms with van der Waals surface area (Å²) in [7, 11) is -3.39. The van der Waals surface area contributed by atoms with E-state index in [0.717, 1.165) is 26.1 Å². The van der Waals surface area contributed by atoms with E-state index in [1.807, 2.05) is 13.8 Å². The Kier molecular flexibility index (Phi) is 8.57. The van der Waals surface area contributed by atoms with Crippen molar-refractivity contribution in [2.45, 2.75) is 50.5 Å². The highest BCUT2D eigenvalue weighted by Crippen LogP contribution is 2.11. The van der Waals surface area contributed by atoms with Gasteiger partial charge in [-0.25, -0.2) is 13.2 Å². The van der Waals surface area contributed by atoms with E-state index in [1.54, 1.807) is 35.2 Å². The molecule has 1 N–H and O–H groups in total. The summed E-state index contributed by atoms with van der Waals surface area (Å²) in [6.07, 6.45) is 4.77. The first kappa shape index (κ1) is 21.7. The lowest BCUT2D eigenvalue weighted by molar-refractivity contribution is 0.185. The molecular weight excluding hydrogens is 362 g/mol. The van der Waals surface area contributed by atoms with E-state index in [1.165, 1.54) is 19.3 Å². The third-order valence-corrected chi connectivity index (χ3v) is 6.67. The molecule has 0 spiro atoms. The fraction of sp³-hybridized carbons (Fsp3) is 0.650. The molecule has 6 nitrogen and oxygen atoms in total. The smallest absolute Gasteiger partial charge is 0.317 e. The Morgan fingerprint density at radius 2 is 1.81 bits per heavy atom. The van der Waals surface area contributed by atoms with Gasteiger partial charge in [-0.05, 0) is 64.9 Å². The molecule has 1 heterocycles. The molecule has 0 unspecified atom stereocenters. The van der Waals surface area contributed by atoms with Gasteiger partial charge in [-0.2, -0.15) is 0 Å². The summed E-state index contributed by atoms with van der Waals surface area (Å²) in [5.41, 5.74) is 0. The van der Waals surface area contributed by atoms with E-state index >= 15 is 0 Å². The first-order valence-electron chi connectivity index (χ1n) is 9.95. The van der Waals surface area contributed by atoms with Crippen molar-refractivity contribution in [2.75, 3.05) is 38.5 Å². The number of hydrogen-bond donors (Lipinski definition) is 1. The predicted octanol–water partition coefficient (Wildman–Crippen LogP) is 2.76. The van der Waals surface area contributed by atoms with Gasteiger partial charge in [-0.3, -0.25) is 0 Å². The van der Waals surface area contributed by atoms with Crippen LogP contribution in [0.15, 0.2) is 35.2 Å². The van der Waals surface area contributed by atoms with Crippen molar-refractivity contribution in [3.05, 3.63) is 30.3 Å². The van der Waals surface area contributed by atoms with Crippen molar-refractivity contribution in [3.63, 3.8) is 0 Å². The van der Waals surface area contributed by atoms with Gasteiger partial charge in [-0.15, -0.1) is 0 Å². The third kappa shape index (κ3) is 7.14. The van der Waals surface area contributed by atoms with Crippen molar-refractivity contribution >= 4 is 15.9 Å². The van der Waals surface area contributed by atoms with Crippen LogP contribution in [0.25, 0.3) is 0 Å². The molecule has 1 aliphatic heterocycles. The molecule has 0 atom stereocenters. The van der Waals surface area contributed by atoms with Gasteiger partial charge in [0.25, 0.3) is 0 Å². The van der Waals surface area contributed by atoms with Crippen LogP contribution >= 0.6 is 0 Å². The zero-order valence-electron chi connectivity index (χ0n) is 16.6. The first-order valence-corrected chi connectivity index (χ1v) is 11.6. The van der Waals surface area contributed by atoms with Crippen LogP contribution in [0, 0.1) is 0 Å². The molecule has 1 aliphatic rings. The van der Waals surface area contributed by atoms with Crippen LogP contribution in [0.1, 0.15) is 39.5 Å². The molecule has 1 saturated heterocycles. The highest BCUT2D eigenvalue weighted by atomic mass is 32.2. The van der Waals surface area contributed by atoms with Crippen molar-refractivity contribution in [2.24, 2.45) is 0 Å². The van der Waals surface area contributed by atoms with Crippen LogP contribution in [-0.2, 0) is 9.84 Å². The molecule has 0 radical (unpaired) electrons. The summed E-state index contributed by atoms with van der Waals surface area (Å²) in [6, 6.07) is 8.15. The number of nitrogens with zero attached hydrogens (tertiary/aromatic N) is 2. The van der Waals surface area contributed by atoms with E-state index in [2.05, 4.69) is 10.2 Å². The molecule has 2 amide bonds. The van der Waals surface area contributed by atoms with E-state index in [4.69, 9.17) is 0 Å². The van der Waals surface area contributed by atoms with Gasteiger partial charge in [0.15, 0.2) is 9.84 Å². The second kappa shape index (κ2) is 10.7. The zero-order valence-corrected chi connectivity index (χ0v) is 17.4. The van der Waals surface area contributed by atoms with Crippen molar-refractivity contribution in [1.29, 1.82) is 0 Å². The Hall–Kier alpha value is -1.60. The Labute approximate surface area is 163 Å². The normalized spacial score (nSPS) is 15.7. The number of sulfone groups is 1. The molecule has 0 aromatic heterocycles. The van der Waals surface area contributed by atoms with Gasteiger partial charge in [0.05, 0.1) is 10.6 Å². The lowest BCUT2D eigenvalue weighted by Gasteiger charge is -2.28. The van der Waals surface area contributed by atoms with Crippen LogP contribution in [0.4, 0.5) is 4.79 Å². The highest BCUT2D eigenvalue weighted by molar-refractivity contribution is 7.91. The molecule has 1 fully saturated rings. The van der Waals surface area contributed by atoms with E-state index in [9.17, 15) is 13.2 Å². The molecule has 7 heteroatoms. The fourth-order valence-corrected chi connectivity index (χ4v) is 4.59. The molecule has 27 heavy (non-hydrogen) atoms. The zero-order chi connectivity index (χ0) is 19.7. The van der Waals surface area contributed by atoms with Gasteiger partial charge in [-0.1, -0.05) is 24.6 Å². The number of rotatable bonds is 9. The fourth-order valence-electron chi connectivity index (χ4n) is 3.34. The van der Waals surface area contributed by atoms with Crippen molar-refractivity contribution < 1.29 is 13.2 Å². The molecule has 1 aromatic rings. The van der Waals surface area contributed by atoms with Gasteiger partial charge in [0.2, 0.25) is 0 Å². The number of benzene rings is 1. The Balaban J connectivity index is 1.78. The summed E-state index contributed by atoms with van der Waals surface area (Å²) < 4.78 is 24.9. The van der Waals surface area contributed by atoms with Crippen LogP contribution in [0.5, 0.6) is 0 Å². The summed E-state index contributed by atoms with van der Waals surface area (Å²) in [5.74, 6) is -0.0730. The number of carbonyl (C=O) groups is 1. The van der Waals surface area contributed by atoms with Gasteiger partial charge in [0, 0.05) is 19.1 Å². The SMILES string of the molecule is CC(C)N(CCS(=O)(=O)c1ccccc1)C(=O)NCCCN1CCCCC1. The molecule has 152 valence electrons. The summed E-state index contributed by atoms with van der Waals surface area (Å²) >= 11 is 0. The van der Waals surface area contributed by atoms with E-state index in [-0.39, 0.29) is 24.4 Å². The van der Waals surface area contributed by atoms with Crippen LogP contribution in [0.2, 0.25) is 0 Å². The van der Waals surface area contributed by atoms with Gasteiger partial charge < -0.3 is 15.1 Å². The number of urea groups is 1. The highest BCUT2D eigenvalue weighted by Gasteiger charge is 2.21. The molecule has 2 rings (SSSR count). The Morgan fingerprint density at radius 1 is 1.15 bits per heavy atom. The standard InChI is InChI=1S/C20H33N3O3S/c1-18(2)23(16-17-27(25,26)19-10-5-3-6-11-19)20(24)21-12-9-15-22-13-7-4-8-14-22/h3,5-6,10-11,18H,4,7-9,12-17H2,1-2H3,(H,21,24). The molecule has 0 aliphatic carbocycles. The van der Waals surface area contributed by atoms with Gasteiger partial charge >= 0.3 is 6.03 Å². The lowest BCUT2D eigenvalue weighted by Crippen LogP contribution is -2.46. The number of carbonyl (C=O) groups excluding carboxylic acids is 1. The summed E-state index contributed by atoms with van der Waals surface area (Å²) in [5, 5.41) is 2.95. The molecule has 0 saturated carbocycles. The molecule has 0 bridgehead atoms. The Bertz CT molecular complexity index is 671. The van der Waals surface area contributed by atoms with E-state index in [0.29, 0.717) is 11.4 Å². The minimum absolute atomic E-state index is 0.0573. The number of likely N-dealkylation sites (tertiary alicyclic amines) is 1. The second-order valence-corrected chi connectivity index (χ2v) is 9.52. The largest absolute Gasteiger partial charge is 0.338 e. The van der Waals surface area contributed by atoms with Crippen LogP contribution < -0.4 is 5.32 Å². The van der Waals surface area contributed by atoms with E-state index < -0.39 is 9.84 Å². The molecular formula is C20H33N3O3S. The molecule has 1 aromatic carbocycles. The van der Waals surface area contributed by atoms with Crippen molar-refractivity contribution in [1.82, 2.24) is 15.1 Å². The number of hydrogen-bond acceptors (Lipinski definition) is 4.